The van der Waals surface area contributed by atoms with Crippen molar-refractivity contribution in [1.82, 2.24) is 9.78 Å². The van der Waals surface area contributed by atoms with E-state index in [4.69, 9.17) is 11.6 Å². The number of carbonyl (C=O) groups is 1. The van der Waals surface area contributed by atoms with E-state index in [2.05, 4.69) is 5.10 Å². The van der Waals surface area contributed by atoms with Crippen LogP contribution in [0.25, 0.3) is 5.69 Å². The molecule has 0 bridgehead atoms. The normalized spacial score (nSPS) is 10.7. The van der Waals surface area contributed by atoms with Gasteiger partial charge in [-0.3, -0.25) is 9.59 Å². The molecule has 0 aliphatic carbocycles. The van der Waals surface area contributed by atoms with Crippen molar-refractivity contribution in [3.63, 3.8) is 0 Å². The Morgan fingerprint density at radius 2 is 1.95 bits per heavy atom. The highest BCUT2D eigenvalue weighted by Crippen LogP contribution is 2.17. The summed E-state index contributed by atoms with van der Waals surface area (Å²) in [6.07, 6.45) is 0. The summed E-state index contributed by atoms with van der Waals surface area (Å²) in [6.45, 7) is 0. The van der Waals surface area contributed by atoms with Gasteiger partial charge in [0.25, 0.3) is 0 Å². The molecular weight excluding hydrogens is 316 g/mol. The maximum atomic E-state index is 12.1. The summed E-state index contributed by atoms with van der Waals surface area (Å²) in [7, 11) is 0. The van der Waals surface area contributed by atoms with E-state index in [9.17, 15) is 9.59 Å². The predicted octanol–water partition coefficient (Wildman–Crippen LogP) is 3.24. The lowest BCUT2D eigenvalue weighted by atomic mass is 10.3. The number of nitrogens with zero attached hydrogens (tertiary/aromatic N) is 2. The van der Waals surface area contributed by atoms with E-state index in [1.54, 1.807) is 36.4 Å². The number of rotatable bonds is 3. The van der Waals surface area contributed by atoms with Crippen molar-refractivity contribution >= 4 is 40.1 Å². The topological polar surface area (TPSA) is 52.0 Å². The lowest BCUT2D eigenvalue weighted by Gasteiger charge is -1.98. The Hall–Kier alpha value is -1.76. The van der Waals surface area contributed by atoms with Crippen LogP contribution in [0, 0.1) is 0 Å². The fourth-order valence-electron chi connectivity index (χ4n) is 1.63. The van der Waals surface area contributed by atoms with Crippen molar-refractivity contribution in [3.8, 4) is 5.69 Å². The van der Waals surface area contributed by atoms with Gasteiger partial charge in [0.1, 0.15) is 0 Å². The van der Waals surface area contributed by atoms with Crippen LogP contribution in [0.5, 0.6) is 0 Å². The molecule has 2 aromatic heterocycles. The molecule has 3 aromatic rings. The summed E-state index contributed by atoms with van der Waals surface area (Å²) in [6, 6.07) is 10.2. The lowest BCUT2D eigenvalue weighted by molar-refractivity contribution is 0.104. The molecule has 0 unspecified atom stereocenters. The molecule has 4 nitrogen and oxygen atoms in total. The summed E-state index contributed by atoms with van der Waals surface area (Å²) in [5.74, 6) is -0.227. The highest BCUT2D eigenvalue weighted by Gasteiger charge is 2.17. The summed E-state index contributed by atoms with van der Waals surface area (Å²) in [4.78, 5) is 24.4. The zero-order valence-electron chi connectivity index (χ0n) is 9.95. The van der Waals surface area contributed by atoms with Crippen LogP contribution < -0.4 is 4.87 Å². The van der Waals surface area contributed by atoms with E-state index in [0.29, 0.717) is 15.6 Å². The quantitative estimate of drug-likeness (QED) is 0.696. The number of halogens is 1. The van der Waals surface area contributed by atoms with Crippen LogP contribution in [0.4, 0.5) is 0 Å². The molecule has 0 N–H and O–H groups in total. The maximum absolute atomic E-state index is 12.1. The fraction of sp³-hybridized carbons (Fsp3) is 0. The Morgan fingerprint density at radius 3 is 2.60 bits per heavy atom. The first-order chi connectivity index (χ1) is 9.65. The Kier molecular flexibility index (Phi) is 3.52. The van der Waals surface area contributed by atoms with Crippen LogP contribution in [0.1, 0.15) is 14.7 Å². The molecule has 3 rings (SSSR count). The first-order valence-corrected chi connectivity index (χ1v) is 7.67. The summed E-state index contributed by atoms with van der Waals surface area (Å²) >= 11 is 7.97. The van der Waals surface area contributed by atoms with Crippen molar-refractivity contribution < 1.29 is 4.79 Å². The molecular formula is C13H7ClN2O2S2. The van der Waals surface area contributed by atoms with E-state index in [1.165, 1.54) is 16.0 Å². The number of aromatic nitrogens is 2. The third kappa shape index (κ3) is 2.45. The standard InChI is InChI=1S/C13H7ClN2O2S2/c14-8-3-5-9(6-4-8)16-13(18)20-12(15-16)11(17)10-2-1-7-19-10/h1-7H. The Labute approximate surface area is 126 Å². The molecule has 1 aromatic carbocycles. The molecule has 0 aliphatic heterocycles. The van der Waals surface area contributed by atoms with E-state index in [-0.39, 0.29) is 15.7 Å². The monoisotopic (exact) mass is 322 g/mol. The number of carbonyl (C=O) groups excluding carboxylic acids is 1. The van der Waals surface area contributed by atoms with Crippen LogP contribution >= 0.6 is 34.3 Å². The number of ketones is 1. The zero-order valence-corrected chi connectivity index (χ0v) is 12.3. The SMILES string of the molecule is O=C(c1cccs1)c1nn(-c2ccc(Cl)cc2)c(=O)s1. The van der Waals surface area contributed by atoms with Gasteiger partial charge in [0.05, 0.1) is 10.6 Å². The Bertz CT molecular complexity index is 804. The van der Waals surface area contributed by atoms with Gasteiger partial charge in [-0.15, -0.1) is 16.4 Å². The molecule has 0 saturated carbocycles. The summed E-state index contributed by atoms with van der Waals surface area (Å²) in [5, 5.41) is 6.68. The molecule has 0 radical (unpaired) electrons. The molecule has 100 valence electrons. The Balaban J connectivity index is 2.01. The molecule has 0 saturated heterocycles. The predicted molar refractivity (Wildman–Crippen MR) is 80.5 cm³/mol. The highest BCUT2D eigenvalue weighted by molar-refractivity contribution is 7.15. The van der Waals surface area contributed by atoms with Gasteiger partial charge in [-0.2, -0.15) is 4.68 Å². The average molecular weight is 323 g/mol. The van der Waals surface area contributed by atoms with Gasteiger partial charge in [0.2, 0.25) is 5.78 Å². The van der Waals surface area contributed by atoms with Crippen molar-refractivity contribution in [2.75, 3.05) is 0 Å². The first kappa shape index (κ1) is 13.2. The van der Waals surface area contributed by atoms with Crippen LogP contribution in [0.15, 0.2) is 46.6 Å². The summed E-state index contributed by atoms with van der Waals surface area (Å²) < 4.78 is 1.21. The van der Waals surface area contributed by atoms with Crippen LogP contribution in [0.3, 0.4) is 0 Å². The molecule has 0 atom stereocenters. The summed E-state index contributed by atoms with van der Waals surface area (Å²) in [5.41, 5.74) is 0.584. The van der Waals surface area contributed by atoms with Gasteiger partial charge < -0.3 is 0 Å². The number of hydrogen-bond donors (Lipinski definition) is 0. The lowest BCUT2D eigenvalue weighted by Crippen LogP contribution is -2.12. The first-order valence-electron chi connectivity index (χ1n) is 5.59. The molecule has 20 heavy (non-hydrogen) atoms. The van der Waals surface area contributed by atoms with Gasteiger partial charge in [0, 0.05) is 5.02 Å². The second-order valence-electron chi connectivity index (χ2n) is 3.87. The van der Waals surface area contributed by atoms with Crippen molar-refractivity contribution in [1.29, 1.82) is 0 Å². The highest BCUT2D eigenvalue weighted by atomic mass is 35.5. The zero-order chi connectivity index (χ0) is 14.1. The smallest absolute Gasteiger partial charge is 0.285 e. The van der Waals surface area contributed by atoms with Crippen LogP contribution in [-0.4, -0.2) is 15.6 Å². The molecule has 0 amide bonds. The molecule has 0 fully saturated rings. The van der Waals surface area contributed by atoms with Crippen LogP contribution in [0.2, 0.25) is 5.02 Å². The maximum Gasteiger partial charge on any atom is 0.330 e. The van der Waals surface area contributed by atoms with E-state index < -0.39 is 0 Å². The average Bonchev–Trinajstić information content (AvgIpc) is 3.08. The molecule has 0 aliphatic rings. The second-order valence-corrected chi connectivity index (χ2v) is 6.19. The largest absolute Gasteiger partial charge is 0.330 e. The molecule has 7 heteroatoms. The van der Waals surface area contributed by atoms with Crippen molar-refractivity contribution in [2.45, 2.75) is 0 Å². The van der Waals surface area contributed by atoms with Gasteiger partial charge in [-0.25, -0.2) is 0 Å². The Morgan fingerprint density at radius 1 is 1.20 bits per heavy atom. The molecule has 0 spiro atoms. The minimum Gasteiger partial charge on any atom is -0.285 e. The number of thiophene rings is 1. The second kappa shape index (κ2) is 5.32. The van der Waals surface area contributed by atoms with E-state index in [0.717, 1.165) is 11.3 Å². The van der Waals surface area contributed by atoms with Gasteiger partial charge in [-0.05, 0) is 47.0 Å². The number of hydrogen-bond acceptors (Lipinski definition) is 5. The van der Waals surface area contributed by atoms with Crippen molar-refractivity contribution in [3.05, 3.63) is 66.4 Å². The third-order valence-electron chi connectivity index (χ3n) is 2.56. The van der Waals surface area contributed by atoms with Crippen molar-refractivity contribution in [2.24, 2.45) is 0 Å². The van der Waals surface area contributed by atoms with E-state index in [1.807, 2.05) is 5.38 Å². The fourth-order valence-corrected chi connectivity index (χ4v) is 3.21. The van der Waals surface area contributed by atoms with Crippen LogP contribution in [-0.2, 0) is 0 Å². The van der Waals surface area contributed by atoms with Gasteiger partial charge in [0.15, 0.2) is 5.01 Å². The number of benzene rings is 1. The minimum absolute atomic E-state index is 0.187. The third-order valence-corrected chi connectivity index (χ3v) is 4.49. The molecule has 2 heterocycles. The van der Waals surface area contributed by atoms with Gasteiger partial charge >= 0.3 is 4.87 Å². The van der Waals surface area contributed by atoms with Gasteiger partial charge in [-0.1, -0.05) is 17.7 Å². The minimum atomic E-state index is -0.299. The van der Waals surface area contributed by atoms with E-state index >= 15 is 0 Å².